The fourth-order valence-electron chi connectivity index (χ4n) is 4.35. The first kappa shape index (κ1) is 16.5. The molecule has 1 saturated carbocycles. The lowest BCUT2D eigenvalue weighted by Crippen LogP contribution is -2.40. The number of para-hydroxylation sites is 2. The van der Waals surface area contributed by atoms with Crippen molar-refractivity contribution < 1.29 is 9.18 Å². The molecular formula is C22H22FN3O. The van der Waals surface area contributed by atoms with Crippen molar-refractivity contribution in [3.63, 3.8) is 0 Å². The number of halogens is 1. The van der Waals surface area contributed by atoms with Gasteiger partial charge in [-0.2, -0.15) is 0 Å². The van der Waals surface area contributed by atoms with E-state index < -0.39 is 0 Å². The van der Waals surface area contributed by atoms with Gasteiger partial charge in [-0.3, -0.25) is 4.79 Å². The summed E-state index contributed by atoms with van der Waals surface area (Å²) in [6.45, 7) is 1.55. The Morgan fingerprint density at radius 2 is 1.96 bits per heavy atom. The second kappa shape index (κ2) is 6.48. The van der Waals surface area contributed by atoms with Gasteiger partial charge in [0.05, 0.1) is 11.0 Å². The van der Waals surface area contributed by atoms with E-state index in [0.29, 0.717) is 0 Å². The second-order valence-electron chi connectivity index (χ2n) is 7.76. The minimum Gasteiger partial charge on any atom is -0.342 e. The Hall–Kier alpha value is -2.69. The van der Waals surface area contributed by atoms with E-state index in [1.807, 2.05) is 29.2 Å². The Morgan fingerprint density at radius 3 is 2.78 bits per heavy atom. The van der Waals surface area contributed by atoms with E-state index in [-0.39, 0.29) is 29.5 Å². The first-order valence-electron chi connectivity index (χ1n) is 9.68. The van der Waals surface area contributed by atoms with Crippen molar-refractivity contribution in [1.29, 1.82) is 0 Å². The highest BCUT2D eigenvalue weighted by atomic mass is 19.1. The average molecular weight is 363 g/mol. The topological polar surface area (TPSA) is 49.0 Å². The van der Waals surface area contributed by atoms with E-state index in [2.05, 4.69) is 4.98 Å². The minimum atomic E-state index is -0.230. The van der Waals surface area contributed by atoms with E-state index in [0.717, 1.165) is 54.8 Å². The van der Waals surface area contributed by atoms with Gasteiger partial charge in [0, 0.05) is 24.9 Å². The SMILES string of the molecule is O=C([C@@H]1C[C@H]1c1ccc(F)cc1)N1CCC[C@@H](c2nc3ccccc3[nH]2)C1. The summed E-state index contributed by atoms with van der Waals surface area (Å²) in [6.07, 6.45) is 2.92. The first-order chi connectivity index (χ1) is 13.2. The van der Waals surface area contributed by atoms with Crippen molar-refractivity contribution in [1.82, 2.24) is 14.9 Å². The summed E-state index contributed by atoms with van der Waals surface area (Å²) in [5.74, 6) is 1.55. The Kier molecular flexibility index (Phi) is 3.96. The number of likely N-dealkylation sites (tertiary alicyclic amines) is 1. The number of H-pyrrole nitrogens is 1. The zero-order valence-electron chi connectivity index (χ0n) is 15.1. The Labute approximate surface area is 157 Å². The lowest BCUT2D eigenvalue weighted by Gasteiger charge is -2.32. The molecule has 27 heavy (non-hydrogen) atoms. The molecule has 1 saturated heterocycles. The van der Waals surface area contributed by atoms with Crippen LogP contribution in [0, 0.1) is 11.7 Å². The number of nitrogens with zero attached hydrogens (tertiary/aromatic N) is 2. The highest BCUT2D eigenvalue weighted by Crippen LogP contribution is 2.49. The molecule has 0 radical (unpaired) electrons. The average Bonchev–Trinajstić information content (AvgIpc) is 3.38. The zero-order chi connectivity index (χ0) is 18.4. The van der Waals surface area contributed by atoms with E-state index in [9.17, 15) is 9.18 Å². The monoisotopic (exact) mass is 363 g/mol. The maximum atomic E-state index is 13.1. The smallest absolute Gasteiger partial charge is 0.226 e. The number of aromatic amines is 1. The van der Waals surface area contributed by atoms with E-state index >= 15 is 0 Å². The quantitative estimate of drug-likeness (QED) is 0.758. The molecule has 2 fully saturated rings. The van der Waals surface area contributed by atoms with Crippen molar-refractivity contribution >= 4 is 16.9 Å². The fourth-order valence-corrected chi connectivity index (χ4v) is 4.35. The Balaban J connectivity index is 1.28. The summed E-state index contributed by atoms with van der Waals surface area (Å²) in [4.78, 5) is 23.1. The van der Waals surface area contributed by atoms with Gasteiger partial charge < -0.3 is 9.88 Å². The van der Waals surface area contributed by atoms with E-state index in [1.165, 1.54) is 12.1 Å². The number of carbonyl (C=O) groups is 1. The molecule has 4 nitrogen and oxygen atoms in total. The van der Waals surface area contributed by atoms with Crippen LogP contribution in [0.1, 0.15) is 42.5 Å². The molecule has 0 spiro atoms. The number of hydrogen-bond acceptors (Lipinski definition) is 2. The summed E-state index contributed by atoms with van der Waals surface area (Å²) >= 11 is 0. The second-order valence-corrected chi connectivity index (χ2v) is 7.76. The molecule has 0 unspecified atom stereocenters. The third-order valence-electron chi connectivity index (χ3n) is 5.93. The minimum absolute atomic E-state index is 0.0462. The number of imidazole rings is 1. The molecule has 1 N–H and O–H groups in total. The van der Waals surface area contributed by atoms with Gasteiger partial charge in [-0.05, 0) is 55.0 Å². The summed E-state index contributed by atoms with van der Waals surface area (Å²) in [5, 5.41) is 0. The van der Waals surface area contributed by atoms with E-state index in [1.54, 1.807) is 12.1 Å². The number of piperidine rings is 1. The third-order valence-corrected chi connectivity index (χ3v) is 5.93. The lowest BCUT2D eigenvalue weighted by atomic mass is 9.96. The largest absolute Gasteiger partial charge is 0.342 e. The van der Waals surface area contributed by atoms with Crippen molar-refractivity contribution in [3.8, 4) is 0 Å². The van der Waals surface area contributed by atoms with Gasteiger partial charge in [-0.15, -0.1) is 0 Å². The summed E-state index contributed by atoms with van der Waals surface area (Å²) < 4.78 is 13.1. The number of amides is 1. The van der Waals surface area contributed by atoms with Crippen LogP contribution in [0.25, 0.3) is 11.0 Å². The first-order valence-corrected chi connectivity index (χ1v) is 9.68. The molecular weight excluding hydrogens is 341 g/mol. The molecule has 1 aromatic heterocycles. The van der Waals surface area contributed by atoms with Gasteiger partial charge in [0.15, 0.2) is 0 Å². The lowest BCUT2D eigenvalue weighted by molar-refractivity contribution is -0.133. The molecule has 3 aromatic rings. The van der Waals surface area contributed by atoms with Gasteiger partial charge in [0.1, 0.15) is 11.6 Å². The van der Waals surface area contributed by atoms with Crippen LogP contribution < -0.4 is 0 Å². The molecule has 2 heterocycles. The van der Waals surface area contributed by atoms with Crippen LogP contribution in [-0.4, -0.2) is 33.9 Å². The zero-order valence-corrected chi connectivity index (χ0v) is 15.1. The molecule has 5 rings (SSSR count). The number of aromatic nitrogens is 2. The van der Waals surface area contributed by atoms with Crippen molar-refractivity contribution in [2.24, 2.45) is 5.92 Å². The molecule has 0 bridgehead atoms. The summed E-state index contributed by atoms with van der Waals surface area (Å²) in [7, 11) is 0. The third kappa shape index (κ3) is 3.11. The summed E-state index contributed by atoms with van der Waals surface area (Å²) in [5.41, 5.74) is 3.10. The molecule has 5 heteroatoms. The standard InChI is InChI=1S/C22H22FN3O/c23-16-9-7-14(8-10-16)17-12-18(17)22(27)26-11-3-4-15(13-26)21-24-19-5-1-2-6-20(19)25-21/h1-2,5-10,15,17-18H,3-4,11-13H2,(H,24,25)/t15-,17+,18-/m1/s1. The predicted molar refractivity (Wildman–Crippen MR) is 102 cm³/mol. The van der Waals surface area contributed by atoms with Crippen LogP contribution in [0.2, 0.25) is 0 Å². The molecule has 2 aliphatic rings. The molecule has 1 aliphatic carbocycles. The van der Waals surface area contributed by atoms with Gasteiger partial charge in [0.25, 0.3) is 0 Å². The van der Waals surface area contributed by atoms with Crippen LogP contribution in [0.4, 0.5) is 4.39 Å². The summed E-state index contributed by atoms with van der Waals surface area (Å²) in [6, 6.07) is 14.6. The molecule has 3 atom stereocenters. The Bertz CT molecular complexity index is 948. The van der Waals surface area contributed by atoms with Crippen LogP contribution in [0.15, 0.2) is 48.5 Å². The fraction of sp³-hybridized carbons (Fsp3) is 0.364. The highest BCUT2D eigenvalue weighted by molar-refractivity contribution is 5.83. The predicted octanol–water partition coefficient (Wildman–Crippen LogP) is 4.21. The van der Waals surface area contributed by atoms with E-state index in [4.69, 9.17) is 4.98 Å². The maximum Gasteiger partial charge on any atom is 0.226 e. The number of benzene rings is 2. The number of fused-ring (bicyclic) bond motifs is 1. The van der Waals surface area contributed by atoms with Crippen LogP contribution in [-0.2, 0) is 4.79 Å². The van der Waals surface area contributed by atoms with Gasteiger partial charge >= 0.3 is 0 Å². The van der Waals surface area contributed by atoms with Gasteiger partial charge in [-0.25, -0.2) is 9.37 Å². The number of rotatable bonds is 3. The molecule has 1 amide bonds. The normalized spacial score (nSPS) is 24.9. The van der Waals surface area contributed by atoms with Crippen LogP contribution >= 0.6 is 0 Å². The molecule has 2 aromatic carbocycles. The van der Waals surface area contributed by atoms with Gasteiger partial charge in [-0.1, -0.05) is 24.3 Å². The van der Waals surface area contributed by atoms with Crippen molar-refractivity contribution in [3.05, 3.63) is 65.7 Å². The number of hydrogen-bond donors (Lipinski definition) is 1. The highest BCUT2D eigenvalue weighted by Gasteiger charge is 2.46. The van der Waals surface area contributed by atoms with Crippen molar-refractivity contribution in [2.45, 2.75) is 31.1 Å². The number of nitrogens with one attached hydrogen (secondary N) is 1. The van der Waals surface area contributed by atoms with Crippen molar-refractivity contribution in [2.75, 3.05) is 13.1 Å². The van der Waals surface area contributed by atoms with Gasteiger partial charge in [0.2, 0.25) is 5.91 Å². The molecule has 138 valence electrons. The van der Waals surface area contributed by atoms with Crippen LogP contribution in [0.3, 0.4) is 0 Å². The number of carbonyl (C=O) groups excluding carboxylic acids is 1. The Morgan fingerprint density at radius 1 is 1.15 bits per heavy atom. The maximum absolute atomic E-state index is 13.1. The molecule has 1 aliphatic heterocycles. The van der Waals surface area contributed by atoms with Crippen LogP contribution in [0.5, 0.6) is 0 Å².